The number of nitrogens with two attached hydrogens (primary N) is 1. The van der Waals surface area contributed by atoms with Crippen molar-refractivity contribution in [1.82, 2.24) is 9.88 Å². The highest BCUT2D eigenvalue weighted by Crippen LogP contribution is 2.26. The minimum Gasteiger partial charge on any atom is -0.335 e. The molecular weight excluding hydrogens is 298 g/mol. The third-order valence-electron chi connectivity index (χ3n) is 3.29. The molecule has 1 aromatic rings. The summed E-state index contributed by atoms with van der Waals surface area (Å²) in [7, 11) is -3.66. The second-order valence-electron chi connectivity index (χ2n) is 6.07. The van der Waals surface area contributed by atoms with Crippen LogP contribution in [0.4, 0.5) is 0 Å². The highest BCUT2D eigenvalue weighted by atomic mass is 32.2. The van der Waals surface area contributed by atoms with Gasteiger partial charge in [-0.25, -0.2) is 18.5 Å². The molecule has 0 aromatic carbocycles. The van der Waals surface area contributed by atoms with Gasteiger partial charge in [0.1, 0.15) is 10.3 Å². The molecule has 2 heterocycles. The predicted octanol–water partition coefficient (Wildman–Crippen LogP) is 0.830. The Labute approximate surface area is 123 Å². The molecule has 1 saturated heterocycles. The summed E-state index contributed by atoms with van der Waals surface area (Å²) in [4.78, 5) is 17.8. The van der Waals surface area contributed by atoms with Crippen LogP contribution in [0, 0.1) is 0 Å². The van der Waals surface area contributed by atoms with Crippen LogP contribution in [0.3, 0.4) is 0 Å². The molecule has 2 N–H and O–H groups in total. The lowest BCUT2D eigenvalue weighted by atomic mass is 9.93. The summed E-state index contributed by atoms with van der Waals surface area (Å²) in [6.07, 6.45) is -0.0314. The molecule has 6 nitrogen and oxygen atoms in total. The van der Waals surface area contributed by atoms with Crippen LogP contribution < -0.4 is 5.14 Å². The summed E-state index contributed by atoms with van der Waals surface area (Å²) in [5, 5.41) is 7.10. The summed E-state index contributed by atoms with van der Waals surface area (Å²) >= 11 is 1.49. The quantitative estimate of drug-likeness (QED) is 0.893. The van der Waals surface area contributed by atoms with Crippen molar-refractivity contribution in [2.75, 3.05) is 6.54 Å². The van der Waals surface area contributed by atoms with Crippen molar-refractivity contribution in [2.45, 2.75) is 44.4 Å². The number of hydrogen-bond acceptors (Lipinski definition) is 5. The highest BCUT2D eigenvalue weighted by Gasteiger charge is 2.36. The number of likely N-dealkylation sites (tertiary alicyclic amines) is 1. The number of aromatic nitrogens is 1. The van der Waals surface area contributed by atoms with E-state index < -0.39 is 15.3 Å². The summed E-state index contributed by atoms with van der Waals surface area (Å²) in [5.41, 5.74) is 0.944. The summed E-state index contributed by atoms with van der Waals surface area (Å²) in [6, 6.07) is 0. The van der Waals surface area contributed by atoms with Crippen LogP contribution in [0.5, 0.6) is 0 Å². The molecule has 0 aliphatic carbocycles. The van der Waals surface area contributed by atoms with Crippen molar-refractivity contribution in [1.29, 1.82) is 0 Å². The number of sulfonamides is 1. The van der Waals surface area contributed by atoms with Crippen LogP contribution in [0.1, 0.15) is 37.9 Å². The van der Waals surface area contributed by atoms with E-state index in [9.17, 15) is 13.2 Å². The fourth-order valence-electron chi connectivity index (χ4n) is 2.00. The molecule has 1 aliphatic rings. The van der Waals surface area contributed by atoms with Crippen molar-refractivity contribution in [2.24, 2.45) is 5.14 Å². The fraction of sp³-hybridized carbons (Fsp3) is 0.667. The number of rotatable bonds is 3. The minimum atomic E-state index is -3.66. The lowest BCUT2D eigenvalue weighted by Gasteiger charge is -2.16. The number of thiazole rings is 1. The molecule has 1 amide bonds. The first-order valence-corrected chi connectivity index (χ1v) is 8.80. The van der Waals surface area contributed by atoms with Gasteiger partial charge < -0.3 is 4.90 Å². The maximum atomic E-state index is 11.8. The van der Waals surface area contributed by atoms with Gasteiger partial charge in [-0.15, -0.1) is 11.3 Å². The second kappa shape index (κ2) is 5.09. The molecule has 0 saturated carbocycles. The van der Waals surface area contributed by atoms with E-state index in [-0.39, 0.29) is 24.3 Å². The van der Waals surface area contributed by atoms with E-state index >= 15 is 0 Å². The molecule has 1 fully saturated rings. The standard InChI is InChI=1S/C12H19N3O3S2/c1-12(2,3)9-7-19-10(14-9)6-15-5-8(4-11(15)16)20(13,17)18/h7-8H,4-6H2,1-3H3,(H2,13,17,18). The second-order valence-corrected chi connectivity index (χ2v) is 8.85. The lowest BCUT2D eigenvalue weighted by Crippen LogP contribution is -2.31. The smallest absolute Gasteiger partial charge is 0.224 e. The van der Waals surface area contributed by atoms with Gasteiger partial charge in [-0.05, 0) is 0 Å². The van der Waals surface area contributed by atoms with E-state index in [1.54, 1.807) is 0 Å². The van der Waals surface area contributed by atoms with Crippen molar-refractivity contribution in [3.05, 3.63) is 16.1 Å². The van der Waals surface area contributed by atoms with E-state index in [2.05, 4.69) is 25.8 Å². The first-order valence-electron chi connectivity index (χ1n) is 6.31. The number of hydrogen-bond donors (Lipinski definition) is 1. The molecule has 1 unspecified atom stereocenters. The Balaban J connectivity index is 2.08. The zero-order valence-electron chi connectivity index (χ0n) is 11.8. The third kappa shape index (κ3) is 3.36. The van der Waals surface area contributed by atoms with Crippen LogP contribution in [0.15, 0.2) is 5.38 Å². The Morgan fingerprint density at radius 3 is 2.60 bits per heavy atom. The molecule has 1 atom stereocenters. The van der Waals surface area contributed by atoms with Gasteiger partial charge in [0.05, 0.1) is 12.2 Å². The van der Waals surface area contributed by atoms with Gasteiger partial charge in [-0.3, -0.25) is 4.79 Å². The SMILES string of the molecule is CC(C)(C)c1csc(CN2CC(S(N)(=O)=O)CC2=O)n1. The van der Waals surface area contributed by atoms with E-state index in [1.807, 2.05) is 5.38 Å². The van der Waals surface area contributed by atoms with Crippen molar-refractivity contribution >= 4 is 27.3 Å². The van der Waals surface area contributed by atoms with Crippen LogP contribution in [0.2, 0.25) is 0 Å². The monoisotopic (exact) mass is 317 g/mol. The van der Waals surface area contributed by atoms with Crippen LogP contribution in [-0.2, 0) is 26.8 Å². The molecule has 20 heavy (non-hydrogen) atoms. The van der Waals surface area contributed by atoms with E-state index in [4.69, 9.17) is 5.14 Å². The largest absolute Gasteiger partial charge is 0.335 e. The molecular formula is C12H19N3O3S2. The molecule has 8 heteroatoms. The molecule has 0 radical (unpaired) electrons. The summed E-state index contributed by atoms with van der Waals surface area (Å²) < 4.78 is 22.6. The zero-order chi connectivity index (χ0) is 15.1. The number of carbonyl (C=O) groups excluding carboxylic acids is 1. The summed E-state index contributed by atoms with van der Waals surface area (Å²) in [5.74, 6) is -0.184. The summed E-state index contributed by atoms with van der Waals surface area (Å²) in [6.45, 7) is 6.73. The molecule has 1 aliphatic heterocycles. The Bertz CT molecular complexity index is 616. The molecule has 112 valence electrons. The van der Waals surface area contributed by atoms with Gasteiger partial charge in [0.2, 0.25) is 15.9 Å². The van der Waals surface area contributed by atoms with E-state index in [0.29, 0.717) is 6.54 Å². The Kier molecular flexibility index (Phi) is 3.92. The van der Waals surface area contributed by atoms with E-state index in [1.165, 1.54) is 16.2 Å². The predicted molar refractivity (Wildman–Crippen MR) is 77.7 cm³/mol. The highest BCUT2D eigenvalue weighted by molar-refractivity contribution is 7.89. The molecule has 0 spiro atoms. The third-order valence-corrected chi connectivity index (χ3v) is 5.37. The van der Waals surface area contributed by atoms with Gasteiger partial charge in [0, 0.05) is 23.8 Å². The molecule has 1 aromatic heterocycles. The van der Waals surface area contributed by atoms with Crippen molar-refractivity contribution in [3.63, 3.8) is 0 Å². The van der Waals surface area contributed by atoms with Gasteiger partial charge in [-0.2, -0.15) is 0 Å². The first kappa shape index (κ1) is 15.4. The maximum Gasteiger partial charge on any atom is 0.224 e. The Morgan fingerprint density at radius 2 is 2.15 bits per heavy atom. The number of nitrogens with zero attached hydrogens (tertiary/aromatic N) is 2. The lowest BCUT2D eigenvalue weighted by molar-refractivity contribution is -0.128. The van der Waals surface area contributed by atoms with Crippen molar-refractivity contribution < 1.29 is 13.2 Å². The molecule has 2 rings (SSSR count). The number of amides is 1. The van der Waals surface area contributed by atoms with Crippen molar-refractivity contribution in [3.8, 4) is 0 Å². The fourth-order valence-corrected chi connectivity index (χ4v) is 3.80. The van der Waals surface area contributed by atoms with Gasteiger partial charge in [0.15, 0.2) is 0 Å². The van der Waals surface area contributed by atoms with Gasteiger partial charge >= 0.3 is 0 Å². The van der Waals surface area contributed by atoms with Crippen LogP contribution in [-0.4, -0.2) is 36.0 Å². The minimum absolute atomic E-state index is 0.0314. The first-order chi connectivity index (χ1) is 9.07. The Morgan fingerprint density at radius 1 is 1.50 bits per heavy atom. The van der Waals surface area contributed by atoms with Crippen LogP contribution >= 0.6 is 11.3 Å². The normalized spacial score (nSPS) is 20.7. The van der Waals surface area contributed by atoms with Gasteiger partial charge in [-0.1, -0.05) is 20.8 Å². The van der Waals surface area contributed by atoms with Gasteiger partial charge in [0.25, 0.3) is 0 Å². The maximum absolute atomic E-state index is 11.8. The van der Waals surface area contributed by atoms with Crippen LogP contribution in [0.25, 0.3) is 0 Å². The average Bonchev–Trinajstić information content (AvgIpc) is 2.85. The zero-order valence-corrected chi connectivity index (χ0v) is 13.4. The topological polar surface area (TPSA) is 93.4 Å². The average molecular weight is 317 g/mol. The Hall–Kier alpha value is -0.990. The molecule has 0 bridgehead atoms. The van der Waals surface area contributed by atoms with E-state index in [0.717, 1.165) is 10.7 Å². The number of primary sulfonamides is 1. The number of carbonyl (C=O) groups is 1.